The van der Waals surface area contributed by atoms with Gasteiger partial charge in [-0.2, -0.15) is 0 Å². The lowest BCUT2D eigenvalue weighted by Crippen LogP contribution is -2.39. The van der Waals surface area contributed by atoms with Crippen LogP contribution in [0.2, 0.25) is 0 Å². The summed E-state index contributed by atoms with van der Waals surface area (Å²) < 4.78 is 30.5. The van der Waals surface area contributed by atoms with Crippen LogP contribution in [0.1, 0.15) is 22.3 Å². The van der Waals surface area contributed by atoms with E-state index in [1.807, 2.05) is 12.1 Å². The fraction of sp³-hybridized carbons (Fsp3) is 0.163. The number of halogens is 2. The first-order chi connectivity index (χ1) is 23.4. The molecule has 1 aliphatic heterocycles. The van der Waals surface area contributed by atoms with Crippen LogP contribution in [-0.2, 0) is 0 Å². The molecule has 0 spiro atoms. The van der Waals surface area contributed by atoms with E-state index >= 15 is 8.78 Å². The quantitative estimate of drug-likeness (QED) is 0.183. The fourth-order valence-corrected chi connectivity index (χ4v) is 15.0. The van der Waals surface area contributed by atoms with Crippen LogP contribution in [0, 0.1) is 39.3 Å². The third kappa shape index (κ3) is 5.66. The van der Waals surface area contributed by atoms with Gasteiger partial charge in [-0.05, 0) is 123 Å². The first-order valence-electron chi connectivity index (χ1n) is 16.6. The Morgan fingerprint density at radius 1 is 0.469 bits per heavy atom. The summed E-state index contributed by atoms with van der Waals surface area (Å²) in [7, 11) is -2.83. The molecule has 0 amide bonds. The van der Waals surface area contributed by atoms with E-state index in [1.165, 1.54) is 22.7 Å². The maximum absolute atomic E-state index is 15.2. The van der Waals surface area contributed by atoms with E-state index in [2.05, 4.69) is 143 Å². The Bertz CT molecular complexity index is 2090. The molecule has 2 unspecified atom stereocenters. The third-order valence-electron chi connectivity index (χ3n) is 10.1. The molecule has 6 aromatic rings. The van der Waals surface area contributed by atoms with Crippen molar-refractivity contribution < 1.29 is 8.78 Å². The van der Waals surface area contributed by atoms with E-state index < -0.39 is 14.5 Å². The normalized spacial score (nSPS) is 18.6. The summed E-state index contributed by atoms with van der Waals surface area (Å²) in [6.45, 7) is 13.2. The van der Waals surface area contributed by atoms with Gasteiger partial charge < -0.3 is 10.2 Å². The predicted octanol–water partition coefficient (Wildman–Crippen LogP) is 8.87. The van der Waals surface area contributed by atoms with E-state index in [0.29, 0.717) is 0 Å². The molecule has 7 rings (SSSR count). The first kappa shape index (κ1) is 33.2. The average molecular weight is 687 g/mol. The molecule has 0 saturated carbocycles. The van der Waals surface area contributed by atoms with Crippen molar-refractivity contribution in [1.82, 2.24) is 0 Å². The molecule has 2 nitrogen and oxygen atoms in total. The number of hydrogen-bond donors (Lipinski definition) is 1. The lowest BCUT2D eigenvalue weighted by Gasteiger charge is -2.34. The predicted molar refractivity (Wildman–Crippen MR) is 212 cm³/mol. The number of anilines is 4. The summed E-state index contributed by atoms with van der Waals surface area (Å²) in [5.74, 6) is -0.487. The van der Waals surface area contributed by atoms with Crippen molar-refractivity contribution in [3.63, 3.8) is 0 Å². The van der Waals surface area contributed by atoms with Gasteiger partial charge in [-0.1, -0.05) is 36.4 Å². The van der Waals surface area contributed by atoms with Crippen LogP contribution in [0.15, 0.2) is 121 Å². The van der Waals surface area contributed by atoms with Crippen LogP contribution in [0.3, 0.4) is 0 Å². The molecule has 1 N–H and O–H groups in total. The van der Waals surface area contributed by atoms with E-state index in [-0.39, 0.29) is 11.6 Å². The Hall–Kier alpha value is -4.36. The van der Waals surface area contributed by atoms with Crippen molar-refractivity contribution in [1.29, 1.82) is 0 Å². The molecule has 0 bridgehead atoms. The molecule has 2 atom stereocenters. The van der Waals surface area contributed by atoms with Crippen LogP contribution >= 0.6 is 14.5 Å². The van der Waals surface area contributed by atoms with E-state index in [4.69, 9.17) is 0 Å². The molecule has 0 fully saturated rings. The SMILES string of the molecule is Cc1ccc2c(c1)[P+](C)(c1cccc(F)c1)c1cc(C)ccc1N(C)c1ccc(C)cc1[P+](C)(c1cccc(F)c1)c1cc(C)ccc1N2. The minimum atomic E-state index is -2.49. The molecule has 1 heterocycles. The zero-order chi connectivity index (χ0) is 34.7. The third-order valence-corrected chi connectivity index (χ3v) is 18.1. The fourth-order valence-electron chi connectivity index (χ4n) is 7.38. The minimum Gasteiger partial charge on any atom is -0.349 e. The zero-order valence-corrected chi connectivity index (χ0v) is 30.9. The number of nitrogens with one attached hydrogen (secondary N) is 1. The molecule has 6 heteroatoms. The van der Waals surface area contributed by atoms with Gasteiger partial charge in [-0.15, -0.1) is 0 Å². The van der Waals surface area contributed by atoms with Crippen molar-refractivity contribution in [2.45, 2.75) is 27.7 Å². The lowest BCUT2D eigenvalue weighted by molar-refractivity contribution is 0.628. The smallest absolute Gasteiger partial charge is 0.128 e. The molecule has 0 aliphatic carbocycles. The number of aryl methyl sites for hydroxylation is 4. The summed E-state index contributed by atoms with van der Waals surface area (Å²) in [4.78, 5) is 2.32. The molecule has 246 valence electrons. The highest BCUT2D eigenvalue weighted by atomic mass is 31.2. The van der Waals surface area contributed by atoms with Crippen molar-refractivity contribution >= 4 is 69.1 Å². The standard InChI is InChI=1S/C43H42F2N2P2/c1-28-14-18-36-40(22-28)48(6,34-12-8-10-32(44)26-34)42-24-30(3)16-20-38(42)47(5)39-21-17-31(4)25-43(39)49(7,35-13-9-11-33(45)27-35)41-23-29(2)15-19-37(41)46-36/h8-27,46H,1-7H3/q+2. The second-order valence-corrected chi connectivity index (χ2v) is 20.7. The zero-order valence-electron chi connectivity index (χ0n) is 29.1. The van der Waals surface area contributed by atoms with E-state index in [1.54, 1.807) is 12.1 Å². The molecule has 0 radical (unpaired) electrons. The monoisotopic (exact) mass is 686 g/mol. The van der Waals surface area contributed by atoms with Gasteiger partial charge in [0, 0.05) is 19.2 Å². The molecule has 6 aromatic carbocycles. The molecule has 0 saturated heterocycles. The number of benzene rings is 6. The maximum Gasteiger partial charge on any atom is 0.128 e. The van der Waals surface area contributed by atoms with Gasteiger partial charge in [-0.3, -0.25) is 0 Å². The van der Waals surface area contributed by atoms with Gasteiger partial charge in [0.15, 0.2) is 0 Å². The number of fused-ring (bicyclic) bond motifs is 4. The maximum atomic E-state index is 15.2. The Kier molecular flexibility index (Phi) is 8.46. The van der Waals surface area contributed by atoms with Crippen molar-refractivity contribution in [2.24, 2.45) is 0 Å². The molecule has 1 aliphatic rings. The highest BCUT2D eigenvalue weighted by molar-refractivity contribution is 7.96. The van der Waals surface area contributed by atoms with Gasteiger partial charge in [0.2, 0.25) is 0 Å². The summed E-state index contributed by atoms with van der Waals surface area (Å²) in [5, 5.41) is 10.6. The van der Waals surface area contributed by atoms with Crippen LogP contribution in [0.4, 0.5) is 31.5 Å². The number of hydrogen-bond acceptors (Lipinski definition) is 2. The van der Waals surface area contributed by atoms with E-state index in [0.717, 1.165) is 66.2 Å². The van der Waals surface area contributed by atoms with Crippen molar-refractivity contribution in [2.75, 3.05) is 30.6 Å². The Labute approximate surface area is 290 Å². The summed E-state index contributed by atoms with van der Waals surface area (Å²) >= 11 is 0. The number of nitrogens with zero attached hydrogens (tertiary/aromatic N) is 1. The highest BCUT2D eigenvalue weighted by Gasteiger charge is 2.49. The topological polar surface area (TPSA) is 15.3 Å². The van der Waals surface area contributed by atoms with E-state index in [9.17, 15) is 0 Å². The van der Waals surface area contributed by atoms with Crippen LogP contribution in [-0.4, -0.2) is 20.4 Å². The molecule has 0 aromatic heterocycles. The van der Waals surface area contributed by atoms with Crippen molar-refractivity contribution in [3.05, 3.63) is 155 Å². The second-order valence-electron chi connectivity index (χ2n) is 13.7. The average Bonchev–Trinajstić information content (AvgIpc) is 3.08. The number of rotatable bonds is 2. The Morgan fingerprint density at radius 3 is 1.22 bits per heavy atom. The van der Waals surface area contributed by atoms with Crippen LogP contribution in [0.25, 0.3) is 0 Å². The van der Waals surface area contributed by atoms with Gasteiger partial charge in [0.1, 0.15) is 58.0 Å². The largest absolute Gasteiger partial charge is 0.349 e. The summed E-state index contributed by atoms with van der Waals surface area (Å²) in [5.41, 5.74) is 8.68. The van der Waals surface area contributed by atoms with Gasteiger partial charge in [0.05, 0.1) is 36.1 Å². The second kappa shape index (κ2) is 12.5. The molecule has 49 heavy (non-hydrogen) atoms. The molecular formula is C43H42F2N2P2+2. The minimum absolute atomic E-state index is 0.244. The highest BCUT2D eigenvalue weighted by Crippen LogP contribution is 2.59. The Morgan fingerprint density at radius 2 is 0.837 bits per heavy atom. The Balaban J connectivity index is 1.68. The van der Waals surface area contributed by atoms with Gasteiger partial charge >= 0.3 is 0 Å². The molecular weight excluding hydrogens is 644 g/mol. The van der Waals surface area contributed by atoms with Gasteiger partial charge in [-0.25, -0.2) is 8.78 Å². The van der Waals surface area contributed by atoms with Crippen molar-refractivity contribution in [3.8, 4) is 0 Å². The van der Waals surface area contributed by atoms with Gasteiger partial charge in [0.25, 0.3) is 0 Å². The lowest BCUT2D eigenvalue weighted by atomic mass is 10.1. The summed E-state index contributed by atoms with van der Waals surface area (Å²) in [6, 6.07) is 40.9. The first-order valence-corrected chi connectivity index (χ1v) is 21.1. The summed E-state index contributed by atoms with van der Waals surface area (Å²) in [6.07, 6.45) is 0. The van der Waals surface area contributed by atoms with Crippen LogP contribution < -0.4 is 42.0 Å². The van der Waals surface area contributed by atoms with Crippen LogP contribution in [0.5, 0.6) is 0 Å².